The Bertz CT molecular complexity index is 251. The van der Waals surface area contributed by atoms with Crippen molar-refractivity contribution in [2.24, 2.45) is 5.92 Å². The van der Waals surface area contributed by atoms with E-state index in [9.17, 15) is 5.11 Å². The number of nitrogens with zero attached hydrogens (tertiary/aromatic N) is 1. The number of hydrogen-bond acceptors (Lipinski definition) is 3. The molecule has 0 unspecified atom stereocenters. The van der Waals surface area contributed by atoms with Gasteiger partial charge in [-0.2, -0.15) is 0 Å². The van der Waals surface area contributed by atoms with Crippen LogP contribution in [0.5, 0.6) is 0 Å². The molecule has 0 amide bonds. The van der Waals surface area contributed by atoms with Gasteiger partial charge in [0.05, 0.1) is 18.8 Å². The topological polar surface area (TPSA) is 32.7 Å². The Morgan fingerprint density at radius 1 is 1.11 bits per heavy atom. The maximum absolute atomic E-state index is 10.1. The zero-order valence-corrected chi connectivity index (χ0v) is 12.7. The highest BCUT2D eigenvalue weighted by Gasteiger charge is 2.23. The van der Waals surface area contributed by atoms with Crippen LogP contribution >= 0.6 is 0 Å². The summed E-state index contributed by atoms with van der Waals surface area (Å²) in [5.41, 5.74) is 0. The van der Waals surface area contributed by atoms with Gasteiger partial charge in [0.1, 0.15) is 0 Å². The van der Waals surface area contributed by atoms with Gasteiger partial charge in [-0.25, -0.2) is 0 Å². The second-order valence-corrected chi connectivity index (χ2v) is 6.71. The van der Waals surface area contributed by atoms with Crippen LogP contribution in [0.2, 0.25) is 0 Å². The molecule has 0 aromatic carbocycles. The highest BCUT2D eigenvalue weighted by molar-refractivity contribution is 4.76. The third-order valence-electron chi connectivity index (χ3n) is 4.87. The zero-order valence-electron chi connectivity index (χ0n) is 12.7. The molecule has 0 aromatic heterocycles. The van der Waals surface area contributed by atoms with Crippen molar-refractivity contribution in [1.29, 1.82) is 0 Å². The van der Waals surface area contributed by atoms with E-state index in [2.05, 4.69) is 18.7 Å². The smallest absolute Gasteiger partial charge is 0.0900 e. The molecule has 1 saturated heterocycles. The molecule has 0 bridgehead atoms. The molecule has 3 heteroatoms. The first-order valence-electron chi connectivity index (χ1n) is 8.19. The predicted octanol–water partition coefficient (Wildman–Crippen LogP) is 2.82. The van der Waals surface area contributed by atoms with Crippen LogP contribution in [0.4, 0.5) is 0 Å². The quantitative estimate of drug-likeness (QED) is 0.833. The minimum absolute atomic E-state index is 0.320. The third kappa shape index (κ3) is 5.05. The standard InChI is InChI=1S/C16H31NO2/c1-13-6-8-16(9-7-13)19-12-15(18)11-17-10-4-3-5-14(17)2/h13-16,18H,3-12H2,1-2H3/t13?,14-,15+,16?/m0/s1. The average Bonchev–Trinajstić information content (AvgIpc) is 2.41. The van der Waals surface area contributed by atoms with E-state index < -0.39 is 0 Å². The summed E-state index contributed by atoms with van der Waals surface area (Å²) in [6.07, 6.45) is 8.87. The van der Waals surface area contributed by atoms with Crippen LogP contribution in [0.1, 0.15) is 58.8 Å². The first-order valence-corrected chi connectivity index (χ1v) is 8.19. The van der Waals surface area contributed by atoms with Gasteiger partial charge >= 0.3 is 0 Å². The molecule has 2 atom stereocenters. The molecule has 1 aliphatic carbocycles. The summed E-state index contributed by atoms with van der Waals surface area (Å²) in [6, 6.07) is 0.624. The second kappa shape index (κ2) is 7.61. The normalized spacial score (nSPS) is 35.2. The Morgan fingerprint density at radius 2 is 1.84 bits per heavy atom. The van der Waals surface area contributed by atoms with Gasteiger partial charge in [0.2, 0.25) is 0 Å². The maximum Gasteiger partial charge on any atom is 0.0900 e. The van der Waals surface area contributed by atoms with Crippen LogP contribution in [0.25, 0.3) is 0 Å². The molecule has 3 nitrogen and oxygen atoms in total. The molecule has 0 spiro atoms. The van der Waals surface area contributed by atoms with E-state index in [1.165, 1.54) is 44.9 Å². The lowest BCUT2D eigenvalue weighted by Gasteiger charge is -2.35. The zero-order chi connectivity index (χ0) is 13.7. The lowest BCUT2D eigenvalue weighted by atomic mass is 9.89. The Labute approximate surface area is 118 Å². The van der Waals surface area contributed by atoms with E-state index in [0.29, 0.717) is 18.8 Å². The van der Waals surface area contributed by atoms with Crippen LogP contribution in [0.3, 0.4) is 0 Å². The molecule has 1 aliphatic heterocycles. The Hall–Kier alpha value is -0.120. The largest absolute Gasteiger partial charge is 0.389 e. The fraction of sp³-hybridized carbons (Fsp3) is 1.00. The summed E-state index contributed by atoms with van der Waals surface area (Å²) >= 11 is 0. The molecule has 0 aromatic rings. The lowest BCUT2D eigenvalue weighted by Crippen LogP contribution is -2.43. The fourth-order valence-electron chi connectivity index (χ4n) is 3.40. The number of piperidine rings is 1. The summed E-state index contributed by atoms with van der Waals surface area (Å²) in [6.45, 7) is 7.03. The second-order valence-electron chi connectivity index (χ2n) is 6.71. The van der Waals surface area contributed by atoms with Gasteiger partial charge < -0.3 is 9.84 Å². The van der Waals surface area contributed by atoms with Crippen molar-refractivity contribution < 1.29 is 9.84 Å². The van der Waals surface area contributed by atoms with Crippen LogP contribution in [0.15, 0.2) is 0 Å². The van der Waals surface area contributed by atoms with E-state index >= 15 is 0 Å². The minimum Gasteiger partial charge on any atom is -0.389 e. The number of β-amino-alcohol motifs (C(OH)–C–C–N with tert-alkyl or cyclic N) is 1. The molecule has 19 heavy (non-hydrogen) atoms. The molecule has 2 rings (SSSR count). The average molecular weight is 269 g/mol. The first-order chi connectivity index (χ1) is 9.15. The van der Waals surface area contributed by atoms with Gasteiger partial charge in [-0.15, -0.1) is 0 Å². The van der Waals surface area contributed by atoms with Crippen molar-refractivity contribution in [3.8, 4) is 0 Å². The number of aliphatic hydroxyl groups is 1. The molecular weight excluding hydrogens is 238 g/mol. The van der Waals surface area contributed by atoms with E-state index in [0.717, 1.165) is 19.0 Å². The molecule has 1 saturated carbocycles. The summed E-state index contributed by atoms with van der Waals surface area (Å²) in [5.74, 6) is 0.860. The molecule has 1 N–H and O–H groups in total. The van der Waals surface area contributed by atoms with Crippen molar-refractivity contribution in [3.63, 3.8) is 0 Å². The van der Waals surface area contributed by atoms with E-state index in [1.807, 2.05) is 0 Å². The van der Waals surface area contributed by atoms with Crippen molar-refractivity contribution in [3.05, 3.63) is 0 Å². The number of likely N-dealkylation sites (tertiary alicyclic amines) is 1. The minimum atomic E-state index is -0.320. The van der Waals surface area contributed by atoms with Gasteiger partial charge in [0, 0.05) is 12.6 Å². The SMILES string of the molecule is CC1CCC(OC[C@H](O)CN2CCCC[C@@H]2C)CC1. The van der Waals surface area contributed by atoms with Crippen LogP contribution < -0.4 is 0 Å². The summed E-state index contributed by atoms with van der Waals surface area (Å²) < 4.78 is 5.89. The molecule has 112 valence electrons. The molecule has 1 heterocycles. The maximum atomic E-state index is 10.1. The van der Waals surface area contributed by atoms with Gasteiger partial charge in [0.15, 0.2) is 0 Å². The predicted molar refractivity (Wildman–Crippen MR) is 78.3 cm³/mol. The van der Waals surface area contributed by atoms with E-state index in [1.54, 1.807) is 0 Å². The van der Waals surface area contributed by atoms with Gasteiger partial charge in [-0.05, 0) is 57.9 Å². The first kappa shape index (κ1) is 15.3. The van der Waals surface area contributed by atoms with E-state index in [4.69, 9.17) is 4.74 Å². The van der Waals surface area contributed by atoms with E-state index in [-0.39, 0.29) is 6.10 Å². The van der Waals surface area contributed by atoms with Crippen molar-refractivity contribution in [2.45, 2.75) is 77.0 Å². The van der Waals surface area contributed by atoms with Gasteiger partial charge in [-0.3, -0.25) is 4.90 Å². The molecule has 2 aliphatic rings. The third-order valence-corrected chi connectivity index (χ3v) is 4.87. The van der Waals surface area contributed by atoms with Crippen LogP contribution in [-0.4, -0.2) is 48.0 Å². The number of rotatable bonds is 5. The van der Waals surface area contributed by atoms with Crippen molar-refractivity contribution in [2.75, 3.05) is 19.7 Å². The van der Waals surface area contributed by atoms with Crippen molar-refractivity contribution >= 4 is 0 Å². The monoisotopic (exact) mass is 269 g/mol. The number of ether oxygens (including phenoxy) is 1. The summed E-state index contributed by atoms with van der Waals surface area (Å²) in [4.78, 5) is 2.42. The highest BCUT2D eigenvalue weighted by atomic mass is 16.5. The Morgan fingerprint density at radius 3 is 2.53 bits per heavy atom. The number of hydrogen-bond donors (Lipinski definition) is 1. The van der Waals surface area contributed by atoms with Crippen LogP contribution in [-0.2, 0) is 4.74 Å². The Balaban J connectivity index is 1.62. The molecule has 2 fully saturated rings. The van der Waals surface area contributed by atoms with Crippen molar-refractivity contribution in [1.82, 2.24) is 4.90 Å². The molecule has 0 radical (unpaired) electrons. The molecular formula is C16H31NO2. The summed E-state index contributed by atoms with van der Waals surface area (Å²) in [5, 5.41) is 10.1. The Kier molecular flexibility index (Phi) is 6.11. The van der Waals surface area contributed by atoms with Gasteiger partial charge in [-0.1, -0.05) is 13.3 Å². The van der Waals surface area contributed by atoms with Crippen LogP contribution in [0, 0.1) is 5.92 Å². The number of aliphatic hydroxyl groups excluding tert-OH is 1. The summed E-state index contributed by atoms with van der Waals surface area (Å²) in [7, 11) is 0. The lowest BCUT2D eigenvalue weighted by molar-refractivity contribution is -0.0425. The fourth-order valence-corrected chi connectivity index (χ4v) is 3.40. The van der Waals surface area contributed by atoms with Gasteiger partial charge in [0.25, 0.3) is 0 Å². The highest BCUT2D eigenvalue weighted by Crippen LogP contribution is 2.25.